The van der Waals surface area contributed by atoms with E-state index in [1.54, 1.807) is 6.92 Å². The molecule has 0 aromatic heterocycles. The third-order valence-corrected chi connectivity index (χ3v) is 1.12. The van der Waals surface area contributed by atoms with Gasteiger partial charge in [0.05, 0.1) is 0 Å². The molecule has 5 heteroatoms. The van der Waals surface area contributed by atoms with Crippen molar-refractivity contribution >= 4 is 30.0 Å². The number of carbonyl (C=O) groups is 1. The van der Waals surface area contributed by atoms with Crippen molar-refractivity contribution in [3.05, 3.63) is 12.2 Å². The summed E-state index contributed by atoms with van der Waals surface area (Å²) in [5.41, 5.74) is 0.448. The molecule has 0 saturated carbocycles. The minimum atomic E-state index is -0.313. The predicted molar refractivity (Wildman–Crippen MR) is 63.4 cm³/mol. The highest BCUT2D eigenvalue weighted by Crippen LogP contribution is 1.91. The van der Waals surface area contributed by atoms with Crippen molar-refractivity contribution in [3.63, 3.8) is 0 Å². The van der Waals surface area contributed by atoms with Gasteiger partial charge in [0.25, 0.3) is 0 Å². The molecule has 0 aliphatic rings. The van der Waals surface area contributed by atoms with Crippen LogP contribution in [0.15, 0.2) is 12.2 Å². The number of nitrogens with zero attached hydrogens (tertiary/aromatic N) is 1. The van der Waals surface area contributed by atoms with Gasteiger partial charge in [0.15, 0.2) is 0 Å². The summed E-state index contributed by atoms with van der Waals surface area (Å²) in [5.74, 6) is -0.313. The molecule has 0 bridgehead atoms. The molecular formula is C9H19Cl2NO2. The highest BCUT2D eigenvalue weighted by Gasteiger charge is 2.01. The number of rotatable bonds is 4. The van der Waals surface area contributed by atoms with Gasteiger partial charge < -0.3 is 9.64 Å². The fourth-order valence-electron chi connectivity index (χ4n) is 0.444. The number of hydrogen-bond donors (Lipinski definition) is 0. The zero-order valence-corrected chi connectivity index (χ0v) is 10.7. The van der Waals surface area contributed by atoms with Gasteiger partial charge in [-0.25, -0.2) is 4.79 Å². The van der Waals surface area contributed by atoms with Gasteiger partial charge in [-0.3, -0.25) is 0 Å². The molecule has 0 rings (SSSR count). The Labute approximate surface area is 97.5 Å². The zero-order valence-electron chi connectivity index (χ0n) is 9.17. The molecule has 0 fully saturated rings. The van der Waals surface area contributed by atoms with Crippen LogP contribution in [0, 0.1) is 0 Å². The lowest BCUT2D eigenvalue weighted by atomic mass is 10.4. The fraction of sp³-hybridized carbons (Fsp3) is 0.667. The average Bonchev–Trinajstić information content (AvgIpc) is 2.07. The molecule has 0 atom stereocenters. The molecular weight excluding hydrogens is 225 g/mol. The molecule has 0 heterocycles. The Morgan fingerprint density at radius 2 is 1.86 bits per heavy atom. The maximum Gasteiger partial charge on any atom is 0.333 e. The molecule has 0 unspecified atom stereocenters. The van der Waals surface area contributed by atoms with Gasteiger partial charge in [0.1, 0.15) is 6.61 Å². The van der Waals surface area contributed by atoms with Crippen molar-refractivity contribution in [2.75, 3.05) is 33.6 Å². The summed E-state index contributed by atoms with van der Waals surface area (Å²) in [5, 5.41) is 0. The number of halogens is 2. The van der Waals surface area contributed by atoms with E-state index in [1.165, 1.54) is 6.38 Å². The number of ether oxygens (including phenoxy) is 1. The Balaban J connectivity index is -0.000000376. The zero-order chi connectivity index (χ0) is 10.9. The maximum atomic E-state index is 10.8. The number of hydrogen-bond acceptors (Lipinski definition) is 3. The van der Waals surface area contributed by atoms with E-state index in [-0.39, 0.29) is 18.4 Å². The number of esters is 1. The van der Waals surface area contributed by atoms with Gasteiger partial charge in [-0.1, -0.05) is 6.58 Å². The Bertz CT molecular complexity index is 161. The SMILES string of the molecule is C=C(C)C(=O)OCCN(C)C.CCl.Cl. The lowest BCUT2D eigenvalue weighted by Crippen LogP contribution is -2.20. The van der Waals surface area contributed by atoms with E-state index in [0.29, 0.717) is 12.2 Å². The standard InChI is InChI=1S/C8H15NO2.CH3Cl.ClH/c1-7(2)8(10)11-6-5-9(3)4;1-2;/h1,5-6H2,2-4H3;1H3;1H. The minimum absolute atomic E-state index is 0. The molecule has 0 radical (unpaired) electrons. The van der Waals surface area contributed by atoms with Crippen LogP contribution >= 0.6 is 24.0 Å². The molecule has 0 aliphatic heterocycles. The molecule has 14 heavy (non-hydrogen) atoms. The Morgan fingerprint density at radius 3 is 2.14 bits per heavy atom. The molecule has 0 aromatic rings. The van der Waals surface area contributed by atoms with Crippen molar-refractivity contribution in [2.24, 2.45) is 0 Å². The topological polar surface area (TPSA) is 29.5 Å². The lowest BCUT2D eigenvalue weighted by molar-refractivity contribution is -0.139. The van der Waals surface area contributed by atoms with Crippen LogP contribution in [-0.2, 0) is 9.53 Å². The molecule has 0 aromatic carbocycles. The van der Waals surface area contributed by atoms with E-state index >= 15 is 0 Å². The third kappa shape index (κ3) is 14.3. The maximum absolute atomic E-state index is 10.8. The van der Waals surface area contributed by atoms with Crippen LogP contribution in [0.5, 0.6) is 0 Å². The van der Waals surface area contributed by atoms with Crippen molar-refractivity contribution in [1.29, 1.82) is 0 Å². The van der Waals surface area contributed by atoms with Crippen molar-refractivity contribution in [2.45, 2.75) is 6.92 Å². The quantitative estimate of drug-likeness (QED) is 0.430. The summed E-state index contributed by atoms with van der Waals surface area (Å²) in [6.45, 7) is 6.28. The summed E-state index contributed by atoms with van der Waals surface area (Å²) >= 11 is 4.64. The van der Waals surface area contributed by atoms with Crippen molar-refractivity contribution < 1.29 is 9.53 Å². The van der Waals surface area contributed by atoms with Crippen LogP contribution in [0.25, 0.3) is 0 Å². The summed E-state index contributed by atoms with van der Waals surface area (Å²) in [6.07, 6.45) is 1.47. The first-order valence-electron chi connectivity index (χ1n) is 3.89. The van der Waals surface area contributed by atoms with E-state index in [4.69, 9.17) is 4.74 Å². The van der Waals surface area contributed by atoms with Gasteiger partial charge in [0.2, 0.25) is 0 Å². The van der Waals surface area contributed by atoms with E-state index in [1.807, 2.05) is 19.0 Å². The van der Waals surface area contributed by atoms with E-state index in [2.05, 4.69) is 18.2 Å². The van der Waals surface area contributed by atoms with Crippen molar-refractivity contribution in [1.82, 2.24) is 4.90 Å². The van der Waals surface area contributed by atoms with Crippen LogP contribution in [0.1, 0.15) is 6.92 Å². The highest BCUT2D eigenvalue weighted by molar-refractivity contribution is 6.15. The second kappa shape index (κ2) is 12.8. The first-order chi connectivity index (χ1) is 6.04. The summed E-state index contributed by atoms with van der Waals surface area (Å²) < 4.78 is 4.83. The van der Waals surface area contributed by atoms with E-state index in [0.717, 1.165) is 6.54 Å². The Kier molecular flexibility index (Phi) is 17.6. The van der Waals surface area contributed by atoms with Crippen molar-refractivity contribution in [3.8, 4) is 0 Å². The normalized spacial score (nSPS) is 8.14. The summed E-state index contributed by atoms with van der Waals surface area (Å²) in [7, 11) is 3.85. The molecule has 0 amide bonds. The largest absolute Gasteiger partial charge is 0.461 e. The Hall–Kier alpha value is -0.250. The molecule has 0 aliphatic carbocycles. The monoisotopic (exact) mass is 243 g/mol. The van der Waals surface area contributed by atoms with Gasteiger partial charge >= 0.3 is 5.97 Å². The van der Waals surface area contributed by atoms with Gasteiger partial charge in [0, 0.05) is 18.5 Å². The van der Waals surface area contributed by atoms with Gasteiger partial charge in [-0.05, 0) is 21.0 Å². The van der Waals surface area contributed by atoms with Crippen LogP contribution in [0.4, 0.5) is 0 Å². The summed E-state index contributed by atoms with van der Waals surface area (Å²) in [4.78, 5) is 12.7. The first kappa shape index (κ1) is 19.3. The molecule has 86 valence electrons. The number of alkyl halides is 1. The molecule has 0 spiro atoms. The fourth-order valence-corrected chi connectivity index (χ4v) is 0.444. The van der Waals surface area contributed by atoms with Crippen LogP contribution in [0.2, 0.25) is 0 Å². The average molecular weight is 244 g/mol. The Morgan fingerprint density at radius 1 is 1.43 bits per heavy atom. The highest BCUT2D eigenvalue weighted by atomic mass is 35.5. The van der Waals surface area contributed by atoms with Crippen LogP contribution in [0.3, 0.4) is 0 Å². The number of likely N-dealkylation sites (N-methyl/N-ethyl adjacent to an activating group) is 1. The van der Waals surface area contributed by atoms with E-state index in [9.17, 15) is 4.79 Å². The molecule has 0 N–H and O–H groups in total. The molecule has 0 saturated heterocycles. The van der Waals surface area contributed by atoms with Crippen LogP contribution in [-0.4, -0.2) is 44.5 Å². The van der Waals surface area contributed by atoms with Gasteiger partial charge in [-0.2, -0.15) is 0 Å². The summed E-state index contributed by atoms with van der Waals surface area (Å²) in [6, 6.07) is 0. The molecule has 3 nitrogen and oxygen atoms in total. The number of carbonyl (C=O) groups excluding carboxylic acids is 1. The van der Waals surface area contributed by atoms with Gasteiger partial charge in [-0.15, -0.1) is 24.0 Å². The smallest absolute Gasteiger partial charge is 0.333 e. The predicted octanol–water partition coefficient (Wildman–Crippen LogP) is 1.94. The van der Waals surface area contributed by atoms with Crippen LogP contribution < -0.4 is 0 Å². The lowest BCUT2D eigenvalue weighted by Gasteiger charge is -2.09. The first-order valence-corrected chi connectivity index (χ1v) is 4.65. The minimum Gasteiger partial charge on any atom is -0.461 e. The second-order valence-electron chi connectivity index (χ2n) is 2.72. The second-order valence-corrected chi connectivity index (χ2v) is 2.72. The van der Waals surface area contributed by atoms with E-state index < -0.39 is 0 Å². The third-order valence-electron chi connectivity index (χ3n) is 1.12.